The molecule has 4 nitrogen and oxygen atoms in total. The van der Waals surface area contributed by atoms with Crippen LogP contribution in [0.2, 0.25) is 0 Å². The van der Waals surface area contributed by atoms with Gasteiger partial charge in [-0.05, 0) is 42.0 Å². The molecule has 20 heavy (non-hydrogen) atoms. The molecular weight excluding hydrogens is 272 g/mol. The second-order valence-corrected chi connectivity index (χ2v) is 7.99. The molecule has 1 aromatic carbocycles. The Morgan fingerprint density at radius 1 is 1.25 bits per heavy atom. The van der Waals surface area contributed by atoms with Gasteiger partial charge in [-0.15, -0.1) is 0 Å². The summed E-state index contributed by atoms with van der Waals surface area (Å²) in [5, 5.41) is 3.25. The number of nitrogens with one attached hydrogen (secondary N) is 1. The van der Waals surface area contributed by atoms with Gasteiger partial charge in [0.1, 0.15) is 0 Å². The average Bonchev–Trinajstić information content (AvgIpc) is 3.06. The lowest BCUT2D eigenvalue weighted by atomic mass is 10.0. The van der Waals surface area contributed by atoms with Crippen molar-refractivity contribution >= 4 is 10.0 Å². The van der Waals surface area contributed by atoms with Gasteiger partial charge in [-0.2, -0.15) is 4.31 Å². The molecule has 0 saturated carbocycles. The summed E-state index contributed by atoms with van der Waals surface area (Å²) in [4.78, 5) is 0.451. The van der Waals surface area contributed by atoms with E-state index in [1.54, 1.807) is 10.4 Å². The maximum atomic E-state index is 12.9. The van der Waals surface area contributed by atoms with Gasteiger partial charge >= 0.3 is 0 Å². The van der Waals surface area contributed by atoms with E-state index >= 15 is 0 Å². The zero-order valence-electron chi connectivity index (χ0n) is 12.1. The summed E-state index contributed by atoms with van der Waals surface area (Å²) in [6, 6.07) is 5.70. The van der Waals surface area contributed by atoms with Crippen LogP contribution in [0.4, 0.5) is 0 Å². The summed E-state index contributed by atoms with van der Waals surface area (Å²) in [5.41, 5.74) is 2.33. The van der Waals surface area contributed by atoms with E-state index in [9.17, 15) is 8.42 Å². The first-order valence-corrected chi connectivity index (χ1v) is 8.78. The Labute approximate surface area is 121 Å². The number of hydrogen-bond donors (Lipinski definition) is 1. The fraction of sp³-hybridized carbons (Fsp3) is 0.600. The Morgan fingerprint density at radius 3 is 2.75 bits per heavy atom. The first-order chi connectivity index (χ1) is 9.50. The van der Waals surface area contributed by atoms with Gasteiger partial charge in [0.2, 0.25) is 10.0 Å². The van der Waals surface area contributed by atoms with Gasteiger partial charge in [0.15, 0.2) is 0 Å². The van der Waals surface area contributed by atoms with Crippen molar-refractivity contribution in [2.24, 2.45) is 5.92 Å². The standard InChI is InChI=1S/C15H22N2O2S/c1-11(2)15-4-3-7-17(15)20(18,19)14-6-5-12-9-16-10-13(12)8-14/h5-6,8,11,15-16H,3-4,7,9-10H2,1-2H3. The molecule has 0 aromatic heterocycles. The van der Waals surface area contributed by atoms with E-state index in [4.69, 9.17) is 0 Å². The molecule has 0 radical (unpaired) electrons. The van der Waals surface area contributed by atoms with Gasteiger partial charge in [0.05, 0.1) is 4.90 Å². The van der Waals surface area contributed by atoms with Crippen molar-refractivity contribution < 1.29 is 8.42 Å². The van der Waals surface area contributed by atoms with Gasteiger partial charge in [0.25, 0.3) is 0 Å². The fourth-order valence-electron chi connectivity index (χ4n) is 3.30. The monoisotopic (exact) mass is 294 g/mol. The molecule has 0 aliphatic carbocycles. The van der Waals surface area contributed by atoms with Crippen LogP contribution in [0.1, 0.15) is 37.8 Å². The number of hydrogen-bond acceptors (Lipinski definition) is 3. The fourth-order valence-corrected chi connectivity index (χ4v) is 5.17. The Kier molecular flexibility index (Phi) is 3.60. The van der Waals surface area contributed by atoms with Crippen LogP contribution < -0.4 is 5.32 Å². The van der Waals surface area contributed by atoms with E-state index in [1.165, 1.54) is 5.56 Å². The van der Waals surface area contributed by atoms with E-state index in [-0.39, 0.29) is 6.04 Å². The SMILES string of the molecule is CC(C)C1CCCN1S(=O)(=O)c1ccc2c(c1)CNC2. The van der Waals surface area contributed by atoms with Crippen LogP contribution in [-0.4, -0.2) is 25.3 Å². The third-order valence-corrected chi connectivity index (χ3v) is 6.35. The average molecular weight is 294 g/mol. The number of benzene rings is 1. The van der Waals surface area contributed by atoms with Crippen molar-refractivity contribution in [2.45, 2.75) is 50.7 Å². The molecule has 1 N–H and O–H groups in total. The predicted molar refractivity (Wildman–Crippen MR) is 78.7 cm³/mol. The predicted octanol–water partition coefficient (Wildman–Crippen LogP) is 2.10. The second kappa shape index (κ2) is 5.13. The van der Waals surface area contributed by atoms with Gasteiger partial charge < -0.3 is 5.32 Å². The van der Waals surface area contributed by atoms with Crippen molar-refractivity contribution in [1.82, 2.24) is 9.62 Å². The van der Waals surface area contributed by atoms with Crippen molar-refractivity contribution in [2.75, 3.05) is 6.54 Å². The second-order valence-electron chi connectivity index (χ2n) is 6.10. The molecule has 1 aromatic rings. The van der Waals surface area contributed by atoms with Crippen molar-refractivity contribution in [3.05, 3.63) is 29.3 Å². The van der Waals surface area contributed by atoms with Crippen molar-refractivity contribution in [3.8, 4) is 0 Å². The van der Waals surface area contributed by atoms with E-state index < -0.39 is 10.0 Å². The summed E-state index contributed by atoms with van der Waals surface area (Å²) in [7, 11) is -3.35. The Balaban J connectivity index is 1.95. The van der Waals surface area contributed by atoms with E-state index in [1.807, 2.05) is 12.1 Å². The smallest absolute Gasteiger partial charge is 0.243 e. The molecule has 1 saturated heterocycles. The molecule has 110 valence electrons. The topological polar surface area (TPSA) is 49.4 Å². The van der Waals surface area contributed by atoms with Crippen LogP contribution in [0.15, 0.2) is 23.1 Å². The molecular formula is C15H22N2O2S. The highest BCUT2D eigenvalue weighted by Crippen LogP contribution is 2.31. The molecule has 2 heterocycles. The van der Waals surface area contributed by atoms with Crippen LogP contribution in [0.25, 0.3) is 0 Å². The van der Waals surface area contributed by atoms with Crippen LogP contribution in [0.5, 0.6) is 0 Å². The van der Waals surface area contributed by atoms with Gasteiger partial charge in [-0.3, -0.25) is 0 Å². The van der Waals surface area contributed by atoms with E-state index in [2.05, 4.69) is 19.2 Å². The molecule has 5 heteroatoms. The number of nitrogens with zero attached hydrogens (tertiary/aromatic N) is 1. The van der Waals surface area contributed by atoms with Gasteiger partial charge in [-0.25, -0.2) is 8.42 Å². The quantitative estimate of drug-likeness (QED) is 0.929. The molecule has 0 amide bonds. The largest absolute Gasteiger partial charge is 0.309 e. The van der Waals surface area contributed by atoms with Gasteiger partial charge in [0, 0.05) is 25.7 Å². The van der Waals surface area contributed by atoms with E-state index in [0.717, 1.165) is 31.5 Å². The maximum absolute atomic E-state index is 12.9. The summed E-state index contributed by atoms with van der Waals surface area (Å²) in [6.45, 7) is 6.47. The lowest BCUT2D eigenvalue weighted by Gasteiger charge is -2.27. The molecule has 0 bridgehead atoms. The van der Waals surface area contributed by atoms with Gasteiger partial charge in [-0.1, -0.05) is 19.9 Å². The Morgan fingerprint density at radius 2 is 2.00 bits per heavy atom. The Bertz CT molecular complexity index is 610. The minimum Gasteiger partial charge on any atom is -0.309 e. The summed E-state index contributed by atoms with van der Waals surface area (Å²) >= 11 is 0. The molecule has 0 spiro atoms. The molecule has 3 rings (SSSR count). The van der Waals surface area contributed by atoms with E-state index in [0.29, 0.717) is 17.4 Å². The first-order valence-electron chi connectivity index (χ1n) is 7.34. The Hall–Kier alpha value is -0.910. The lowest BCUT2D eigenvalue weighted by molar-refractivity contribution is 0.316. The number of rotatable bonds is 3. The first kappa shape index (κ1) is 14.0. The highest BCUT2D eigenvalue weighted by Gasteiger charge is 2.37. The molecule has 1 atom stereocenters. The third-order valence-electron chi connectivity index (χ3n) is 4.43. The maximum Gasteiger partial charge on any atom is 0.243 e. The highest BCUT2D eigenvalue weighted by atomic mass is 32.2. The molecule has 2 aliphatic heterocycles. The number of sulfonamides is 1. The molecule has 2 aliphatic rings. The summed E-state index contributed by atoms with van der Waals surface area (Å²) in [5.74, 6) is 0.364. The minimum absolute atomic E-state index is 0.145. The normalized spacial score (nSPS) is 23.4. The summed E-state index contributed by atoms with van der Waals surface area (Å²) in [6.07, 6.45) is 1.94. The van der Waals surface area contributed by atoms with Crippen molar-refractivity contribution in [1.29, 1.82) is 0 Å². The molecule has 1 unspecified atom stereocenters. The van der Waals surface area contributed by atoms with Crippen LogP contribution in [0.3, 0.4) is 0 Å². The number of fused-ring (bicyclic) bond motifs is 1. The zero-order chi connectivity index (χ0) is 14.3. The minimum atomic E-state index is -3.35. The van der Waals surface area contributed by atoms with Crippen LogP contribution in [0, 0.1) is 5.92 Å². The lowest BCUT2D eigenvalue weighted by Crippen LogP contribution is -2.38. The van der Waals surface area contributed by atoms with Crippen LogP contribution >= 0.6 is 0 Å². The summed E-state index contributed by atoms with van der Waals surface area (Å²) < 4.78 is 27.4. The van der Waals surface area contributed by atoms with Crippen LogP contribution in [-0.2, 0) is 23.1 Å². The zero-order valence-corrected chi connectivity index (χ0v) is 12.9. The third kappa shape index (κ3) is 2.28. The molecule has 1 fully saturated rings. The highest BCUT2D eigenvalue weighted by molar-refractivity contribution is 7.89. The van der Waals surface area contributed by atoms with Crippen molar-refractivity contribution in [3.63, 3.8) is 0 Å².